The Morgan fingerprint density at radius 3 is 1.90 bits per heavy atom. The summed E-state index contributed by atoms with van der Waals surface area (Å²) in [6.07, 6.45) is 6.17. The normalized spacial score (nSPS) is 14.8. The zero-order valence-electron chi connectivity index (χ0n) is 29.0. The third-order valence-corrected chi connectivity index (χ3v) is 18.8. The van der Waals surface area contributed by atoms with Crippen LogP contribution in [0.5, 0.6) is 0 Å². The van der Waals surface area contributed by atoms with E-state index < -0.39 is 21.3 Å². The summed E-state index contributed by atoms with van der Waals surface area (Å²) >= 11 is -1.08. The fraction of sp³-hybridized carbons (Fsp3) is 0.250. The number of benzene rings is 4. The molecule has 0 N–H and O–H groups in total. The number of fused-ring (bicyclic) bond motifs is 3. The first-order valence-electron chi connectivity index (χ1n) is 16.6. The van der Waals surface area contributed by atoms with Gasteiger partial charge in [0.25, 0.3) is 0 Å². The zero-order chi connectivity index (χ0) is 32.2. The molecular formula is C44H44Cl2SZr. The van der Waals surface area contributed by atoms with Crippen LogP contribution < -0.4 is 28.1 Å². The molecule has 7 rings (SSSR count). The van der Waals surface area contributed by atoms with Crippen molar-refractivity contribution >= 4 is 23.4 Å². The van der Waals surface area contributed by atoms with Crippen molar-refractivity contribution in [2.24, 2.45) is 5.92 Å². The molecule has 0 saturated heterocycles. The van der Waals surface area contributed by atoms with Gasteiger partial charge in [0.15, 0.2) is 0 Å². The monoisotopic (exact) mass is 764 g/mol. The molecule has 5 aromatic rings. The van der Waals surface area contributed by atoms with E-state index in [1.54, 1.807) is 15.3 Å². The van der Waals surface area contributed by atoms with Gasteiger partial charge < -0.3 is 24.8 Å². The van der Waals surface area contributed by atoms with Crippen molar-refractivity contribution in [1.82, 2.24) is 0 Å². The van der Waals surface area contributed by atoms with Crippen LogP contribution in [0.1, 0.15) is 86.7 Å². The molecule has 0 fully saturated rings. The predicted molar refractivity (Wildman–Crippen MR) is 197 cm³/mol. The van der Waals surface area contributed by atoms with Gasteiger partial charge in [-0.3, -0.25) is 0 Å². The summed E-state index contributed by atoms with van der Waals surface area (Å²) in [6, 6.07) is 39.4. The fourth-order valence-electron chi connectivity index (χ4n) is 7.33. The van der Waals surface area contributed by atoms with E-state index >= 15 is 0 Å². The molecule has 244 valence electrons. The van der Waals surface area contributed by atoms with E-state index in [1.165, 1.54) is 49.4 Å². The summed E-state index contributed by atoms with van der Waals surface area (Å²) in [5.41, 5.74) is 13.2. The molecule has 0 nitrogen and oxygen atoms in total. The van der Waals surface area contributed by atoms with Crippen molar-refractivity contribution in [1.29, 1.82) is 0 Å². The smallest absolute Gasteiger partial charge is 1.00 e. The Balaban J connectivity index is 0.00000225. The van der Waals surface area contributed by atoms with Crippen molar-refractivity contribution in [2.75, 3.05) is 0 Å². The Morgan fingerprint density at radius 1 is 0.708 bits per heavy atom. The van der Waals surface area contributed by atoms with Gasteiger partial charge in [-0.25, -0.2) is 0 Å². The minimum atomic E-state index is -2.93. The maximum absolute atomic E-state index is 2.93. The van der Waals surface area contributed by atoms with Crippen LogP contribution in [0.25, 0.3) is 16.7 Å². The van der Waals surface area contributed by atoms with Gasteiger partial charge in [0.1, 0.15) is 0 Å². The maximum atomic E-state index is 2.61. The van der Waals surface area contributed by atoms with Gasteiger partial charge in [-0.1, -0.05) is 0 Å². The van der Waals surface area contributed by atoms with Crippen LogP contribution >= 0.6 is 11.3 Å². The Bertz CT molecular complexity index is 1980. The third kappa shape index (κ3) is 6.89. The van der Waals surface area contributed by atoms with Crippen LogP contribution in [0.4, 0.5) is 0 Å². The van der Waals surface area contributed by atoms with Gasteiger partial charge in [0.2, 0.25) is 0 Å². The molecule has 48 heavy (non-hydrogen) atoms. The average Bonchev–Trinajstić information content (AvgIpc) is 3.78. The van der Waals surface area contributed by atoms with Gasteiger partial charge in [-0.05, 0) is 0 Å². The summed E-state index contributed by atoms with van der Waals surface area (Å²) in [5, 5.41) is 2.21. The minimum absolute atomic E-state index is 0. The van der Waals surface area contributed by atoms with Crippen LogP contribution in [0.3, 0.4) is 0 Å². The van der Waals surface area contributed by atoms with E-state index in [-0.39, 0.29) is 35.6 Å². The summed E-state index contributed by atoms with van der Waals surface area (Å²) in [6.45, 7) is 16.7. The van der Waals surface area contributed by atoms with Gasteiger partial charge in [0.05, 0.1) is 0 Å². The third-order valence-electron chi connectivity index (χ3n) is 9.70. The second-order valence-electron chi connectivity index (χ2n) is 15.0. The van der Waals surface area contributed by atoms with Crippen LogP contribution in [-0.2, 0) is 38.5 Å². The number of hydrogen-bond donors (Lipinski definition) is 0. The molecule has 0 bridgehead atoms. The standard InChI is InChI=1S/C21H25.C13H10.C10H9S.2ClH.Zr/c1-20(2,3)16-7-9-18-14(12-16)11-15-13-17(21(4,5)6)8-10-19(15)18;1-3-7-12(8-4-1)11-13-9-5-2-6-10-13;1-8-4-5-9(7-8)10-3-2-6-11-10;;;/h7-10,12H,11H2,1-6H3;1-10H;2-3,5-8H,1H3;2*1H;/q;;;;;+2/p-2. The van der Waals surface area contributed by atoms with Crippen LogP contribution in [0, 0.1) is 5.92 Å². The summed E-state index contributed by atoms with van der Waals surface area (Å²) in [4.78, 5) is 1.38. The molecule has 0 spiro atoms. The SMILES string of the molecule is CC1C=C(c2cccs2)C=[C]1[Zr+2](=[C](c1ccccc1)c1ccccc1)[c]1c(C(C)(C)C)ccc2c1Cc1cc(C(C)(C)C)ccc1-2.[Cl-].[Cl-]. The molecule has 1 aromatic heterocycles. The van der Waals surface area contributed by atoms with Gasteiger partial charge in [-0.15, -0.1) is 0 Å². The molecule has 4 heteroatoms. The van der Waals surface area contributed by atoms with E-state index in [0.717, 1.165) is 6.42 Å². The number of allylic oxidation sites excluding steroid dienone is 4. The Labute approximate surface area is 312 Å². The quantitative estimate of drug-likeness (QED) is 0.231. The van der Waals surface area contributed by atoms with Gasteiger partial charge in [-0.2, -0.15) is 0 Å². The van der Waals surface area contributed by atoms with Crippen molar-refractivity contribution in [3.05, 3.63) is 162 Å². The molecule has 0 amide bonds. The van der Waals surface area contributed by atoms with Crippen molar-refractivity contribution < 1.29 is 46.1 Å². The summed E-state index contributed by atoms with van der Waals surface area (Å²) < 4.78 is 4.97. The first-order valence-corrected chi connectivity index (χ1v) is 21.2. The Hall–Kier alpha value is -2.61. The van der Waals surface area contributed by atoms with Crippen LogP contribution in [0.2, 0.25) is 0 Å². The molecule has 2 aliphatic carbocycles. The summed E-state index contributed by atoms with van der Waals surface area (Å²) in [5.74, 6) is 0.397. The topological polar surface area (TPSA) is 0 Å². The Morgan fingerprint density at radius 2 is 1.33 bits per heavy atom. The van der Waals surface area contributed by atoms with Gasteiger partial charge in [0, 0.05) is 0 Å². The molecule has 1 heterocycles. The van der Waals surface area contributed by atoms with E-state index in [1.807, 2.05) is 11.3 Å². The predicted octanol–water partition coefficient (Wildman–Crippen LogP) is 5.05. The van der Waals surface area contributed by atoms with E-state index in [2.05, 4.69) is 169 Å². The number of rotatable bonds is 5. The molecular weight excluding hydrogens is 723 g/mol. The van der Waals surface area contributed by atoms with E-state index in [4.69, 9.17) is 0 Å². The van der Waals surface area contributed by atoms with Crippen molar-refractivity contribution in [2.45, 2.75) is 65.7 Å². The van der Waals surface area contributed by atoms with Crippen molar-refractivity contribution in [3.8, 4) is 11.1 Å². The molecule has 4 aromatic carbocycles. The molecule has 2 aliphatic rings. The maximum Gasteiger partial charge on any atom is -1.00 e. The Kier molecular flexibility index (Phi) is 10.9. The molecule has 0 radical (unpaired) electrons. The molecule has 0 saturated carbocycles. The van der Waals surface area contributed by atoms with E-state index in [9.17, 15) is 0 Å². The van der Waals surface area contributed by atoms with Crippen LogP contribution in [-0.4, -0.2) is 3.21 Å². The average molecular weight is 767 g/mol. The van der Waals surface area contributed by atoms with Crippen LogP contribution in [0.15, 0.2) is 124 Å². The molecule has 0 aliphatic heterocycles. The largest absolute Gasteiger partial charge is 1.00 e. The number of hydrogen-bond acceptors (Lipinski definition) is 1. The summed E-state index contributed by atoms with van der Waals surface area (Å²) in [7, 11) is 0. The first kappa shape index (κ1) is 36.7. The van der Waals surface area contributed by atoms with Gasteiger partial charge >= 0.3 is 290 Å². The second kappa shape index (κ2) is 14.3. The minimum Gasteiger partial charge on any atom is -1.00 e. The van der Waals surface area contributed by atoms with E-state index in [0.29, 0.717) is 5.92 Å². The van der Waals surface area contributed by atoms with Crippen molar-refractivity contribution in [3.63, 3.8) is 0 Å². The molecule has 1 unspecified atom stereocenters. The zero-order valence-corrected chi connectivity index (χ0v) is 33.8. The number of thiophene rings is 1. The molecule has 1 atom stereocenters. The fourth-order valence-corrected chi connectivity index (χ4v) is 17.5. The second-order valence-corrected chi connectivity index (χ2v) is 21.7. The first-order chi connectivity index (χ1) is 22.0. The number of halogens is 2.